The Morgan fingerprint density at radius 2 is 1.91 bits per heavy atom. The van der Waals surface area contributed by atoms with E-state index in [1.807, 2.05) is 18.0 Å². The molecule has 1 aromatic rings. The highest BCUT2D eigenvalue weighted by molar-refractivity contribution is 8.01. The summed E-state index contributed by atoms with van der Waals surface area (Å²) in [5.41, 5.74) is 1.21. The van der Waals surface area contributed by atoms with Gasteiger partial charge < -0.3 is 4.72 Å². The zero-order valence-electron chi connectivity index (χ0n) is 6.29. The standard InChI is InChI=1S/C9H11NS/c1-2-4-8(5-3-1)10-11-9-6-7-9/h1-5,9-10H,6-7H2. The van der Waals surface area contributed by atoms with Gasteiger partial charge in [0.2, 0.25) is 0 Å². The molecule has 0 saturated heterocycles. The first-order valence-electron chi connectivity index (χ1n) is 3.92. The molecule has 0 atom stereocenters. The average Bonchev–Trinajstić information content (AvgIpc) is 2.86. The summed E-state index contributed by atoms with van der Waals surface area (Å²) in [5.74, 6) is 0. The number of anilines is 1. The molecular formula is C9H11NS. The maximum absolute atomic E-state index is 3.32. The summed E-state index contributed by atoms with van der Waals surface area (Å²) in [4.78, 5) is 0. The minimum Gasteiger partial charge on any atom is -0.330 e. The molecule has 0 bridgehead atoms. The van der Waals surface area contributed by atoms with Crippen LogP contribution in [0.3, 0.4) is 0 Å². The first kappa shape index (κ1) is 7.04. The van der Waals surface area contributed by atoms with Crippen LogP contribution in [0.15, 0.2) is 30.3 Å². The molecule has 2 rings (SSSR count). The fourth-order valence-electron chi connectivity index (χ4n) is 0.843. The van der Waals surface area contributed by atoms with Crippen molar-refractivity contribution >= 4 is 17.6 Å². The van der Waals surface area contributed by atoms with E-state index >= 15 is 0 Å². The number of nitrogens with one attached hydrogen (secondary N) is 1. The van der Waals surface area contributed by atoms with Gasteiger partial charge in [0.1, 0.15) is 0 Å². The lowest BCUT2D eigenvalue weighted by molar-refractivity contribution is 1.50. The van der Waals surface area contributed by atoms with Crippen LogP contribution in [0.5, 0.6) is 0 Å². The third kappa shape index (κ3) is 2.15. The molecule has 58 valence electrons. The average molecular weight is 165 g/mol. The molecule has 1 nitrogen and oxygen atoms in total. The smallest absolute Gasteiger partial charge is 0.0440 e. The lowest BCUT2D eigenvalue weighted by Gasteiger charge is -2.01. The van der Waals surface area contributed by atoms with Gasteiger partial charge in [0.05, 0.1) is 0 Å². The molecule has 0 radical (unpaired) electrons. The van der Waals surface area contributed by atoms with E-state index in [1.165, 1.54) is 18.5 Å². The molecule has 11 heavy (non-hydrogen) atoms. The van der Waals surface area contributed by atoms with Gasteiger partial charge in [-0.15, -0.1) is 0 Å². The van der Waals surface area contributed by atoms with Crippen LogP contribution < -0.4 is 4.72 Å². The Labute approximate surface area is 71.3 Å². The fourth-order valence-corrected chi connectivity index (χ4v) is 1.65. The van der Waals surface area contributed by atoms with Crippen molar-refractivity contribution < 1.29 is 0 Å². The Kier molecular flexibility index (Phi) is 2.04. The Morgan fingerprint density at radius 1 is 1.18 bits per heavy atom. The van der Waals surface area contributed by atoms with Gasteiger partial charge in [-0.25, -0.2) is 0 Å². The van der Waals surface area contributed by atoms with Crippen molar-refractivity contribution in [3.63, 3.8) is 0 Å². The van der Waals surface area contributed by atoms with Gasteiger partial charge >= 0.3 is 0 Å². The van der Waals surface area contributed by atoms with Crippen LogP contribution in [0, 0.1) is 0 Å². The maximum Gasteiger partial charge on any atom is 0.0440 e. The summed E-state index contributed by atoms with van der Waals surface area (Å²) in [6, 6.07) is 10.3. The van der Waals surface area contributed by atoms with Gasteiger partial charge in [0, 0.05) is 10.9 Å². The zero-order chi connectivity index (χ0) is 7.52. The van der Waals surface area contributed by atoms with Crippen molar-refractivity contribution in [3.8, 4) is 0 Å². The van der Waals surface area contributed by atoms with Gasteiger partial charge in [-0.3, -0.25) is 0 Å². The van der Waals surface area contributed by atoms with Crippen molar-refractivity contribution in [1.29, 1.82) is 0 Å². The monoisotopic (exact) mass is 165 g/mol. The van der Waals surface area contributed by atoms with Gasteiger partial charge in [-0.05, 0) is 36.9 Å². The quantitative estimate of drug-likeness (QED) is 0.691. The molecule has 1 N–H and O–H groups in total. The Morgan fingerprint density at radius 3 is 2.55 bits per heavy atom. The molecular weight excluding hydrogens is 154 g/mol. The number of para-hydroxylation sites is 1. The van der Waals surface area contributed by atoms with Crippen molar-refractivity contribution in [1.82, 2.24) is 0 Å². The summed E-state index contributed by atoms with van der Waals surface area (Å²) >= 11 is 1.85. The van der Waals surface area contributed by atoms with Crippen LogP contribution in [0.4, 0.5) is 5.69 Å². The second kappa shape index (κ2) is 3.18. The van der Waals surface area contributed by atoms with Crippen molar-refractivity contribution in [2.45, 2.75) is 18.1 Å². The van der Waals surface area contributed by atoms with E-state index in [9.17, 15) is 0 Å². The Balaban J connectivity index is 1.85. The van der Waals surface area contributed by atoms with Gasteiger partial charge in [-0.1, -0.05) is 18.2 Å². The molecule has 0 aliphatic heterocycles. The summed E-state index contributed by atoms with van der Waals surface area (Å²) in [6.07, 6.45) is 2.76. The van der Waals surface area contributed by atoms with Crippen LogP contribution in [-0.2, 0) is 0 Å². The summed E-state index contributed by atoms with van der Waals surface area (Å²) in [5, 5.41) is 0.871. The van der Waals surface area contributed by atoms with E-state index in [-0.39, 0.29) is 0 Å². The second-order valence-electron chi connectivity index (χ2n) is 2.79. The van der Waals surface area contributed by atoms with E-state index in [0.29, 0.717) is 0 Å². The van der Waals surface area contributed by atoms with Crippen molar-refractivity contribution in [3.05, 3.63) is 30.3 Å². The highest BCUT2D eigenvalue weighted by atomic mass is 32.2. The molecule has 2 heteroatoms. The predicted octanol–water partition coefficient (Wildman–Crippen LogP) is 2.91. The highest BCUT2D eigenvalue weighted by Crippen LogP contribution is 2.34. The molecule has 0 aromatic heterocycles. The summed E-state index contributed by atoms with van der Waals surface area (Å²) in [6.45, 7) is 0. The van der Waals surface area contributed by atoms with E-state index < -0.39 is 0 Å². The lowest BCUT2D eigenvalue weighted by atomic mass is 10.3. The van der Waals surface area contributed by atoms with Gasteiger partial charge in [0.15, 0.2) is 0 Å². The number of hydrogen-bond donors (Lipinski definition) is 1. The molecule has 1 aliphatic carbocycles. The molecule has 0 heterocycles. The van der Waals surface area contributed by atoms with Crippen LogP contribution >= 0.6 is 11.9 Å². The van der Waals surface area contributed by atoms with Crippen LogP contribution in [0.25, 0.3) is 0 Å². The van der Waals surface area contributed by atoms with E-state index in [0.717, 1.165) is 5.25 Å². The third-order valence-corrected chi connectivity index (χ3v) is 2.80. The fraction of sp³-hybridized carbons (Fsp3) is 0.333. The molecule has 0 amide bonds. The summed E-state index contributed by atoms with van der Waals surface area (Å²) < 4.78 is 3.32. The first-order chi connectivity index (χ1) is 5.45. The lowest BCUT2D eigenvalue weighted by Crippen LogP contribution is -1.86. The topological polar surface area (TPSA) is 12.0 Å². The zero-order valence-corrected chi connectivity index (χ0v) is 7.10. The van der Waals surface area contributed by atoms with Crippen molar-refractivity contribution in [2.75, 3.05) is 4.72 Å². The van der Waals surface area contributed by atoms with Crippen LogP contribution in [0.1, 0.15) is 12.8 Å². The Hall–Kier alpha value is -0.630. The van der Waals surface area contributed by atoms with Crippen LogP contribution in [-0.4, -0.2) is 5.25 Å². The van der Waals surface area contributed by atoms with E-state index in [4.69, 9.17) is 0 Å². The third-order valence-electron chi connectivity index (χ3n) is 1.64. The number of rotatable bonds is 3. The largest absolute Gasteiger partial charge is 0.330 e. The van der Waals surface area contributed by atoms with Gasteiger partial charge in [0.25, 0.3) is 0 Å². The molecule has 1 saturated carbocycles. The second-order valence-corrected chi connectivity index (χ2v) is 3.89. The minimum absolute atomic E-state index is 0.871. The van der Waals surface area contributed by atoms with Gasteiger partial charge in [-0.2, -0.15) is 0 Å². The normalized spacial score (nSPS) is 16.4. The predicted molar refractivity (Wildman–Crippen MR) is 50.7 cm³/mol. The Bertz CT molecular complexity index is 218. The number of benzene rings is 1. The van der Waals surface area contributed by atoms with Crippen LogP contribution in [0.2, 0.25) is 0 Å². The molecule has 1 aromatic carbocycles. The van der Waals surface area contributed by atoms with E-state index in [2.05, 4.69) is 29.0 Å². The minimum atomic E-state index is 0.871. The first-order valence-corrected chi connectivity index (χ1v) is 4.80. The molecule has 1 aliphatic rings. The highest BCUT2D eigenvalue weighted by Gasteiger charge is 2.21. The number of hydrogen-bond acceptors (Lipinski definition) is 2. The summed E-state index contributed by atoms with van der Waals surface area (Å²) in [7, 11) is 0. The van der Waals surface area contributed by atoms with E-state index in [1.54, 1.807) is 0 Å². The SMILES string of the molecule is c1ccc(NSC2CC2)cc1. The molecule has 0 unspecified atom stereocenters. The molecule has 0 spiro atoms. The molecule has 1 fully saturated rings. The maximum atomic E-state index is 3.32. The van der Waals surface area contributed by atoms with Crippen molar-refractivity contribution in [2.24, 2.45) is 0 Å².